The van der Waals surface area contributed by atoms with Crippen molar-refractivity contribution in [2.75, 3.05) is 13.1 Å². The van der Waals surface area contributed by atoms with Crippen molar-refractivity contribution in [1.29, 1.82) is 0 Å². The van der Waals surface area contributed by atoms with Crippen molar-refractivity contribution in [3.8, 4) is 0 Å². The summed E-state index contributed by atoms with van der Waals surface area (Å²) in [5, 5.41) is 4.65. The van der Waals surface area contributed by atoms with Crippen LogP contribution in [0, 0.1) is 11.7 Å². The summed E-state index contributed by atoms with van der Waals surface area (Å²) < 4.78 is 18.6. The standard InChI is InChI=1S/C27H33FN4O4/c28-21-13-11-20(12-14-21)24(25(29)33)30-26(34)23-6-2-1-5-22(23)19-9-7-18(8-10-19)17-36-27(35)31-32-15-3-4-16-32/h7-14,22-24H,1-6,15-17H2,(H2,29,33)(H,30,34)(H,31,35)/t22-,23+,24-/m0/s1. The van der Waals surface area contributed by atoms with Gasteiger partial charge in [-0.15, -0.1) is 0 Å². The lowest BCUT2D eigenvalue weighted by atomic mass is 9.74. The summed E-state index contributed by atoms with van der Waals surface area (Å²) in [5.41, 5.74) is 10.6. The van der Waals surface area contributed by atoms with Gasteiger partial charge in [-0.3, -0.25) is 15.0 Å². The molecule has 3 atom stereocenters. The molecule has 0 aromatic heterocycles. The quantitative estimate of drug-likeness (QED) is 0.516. The molecule has 9 heteroatoms. The molecule has 8 nitrogen and oxygen atoms in total. The van der Waals surface area contributed by atoms with Crippen molar-refractivity contribution in [2.45, 2.75) is 57.1 Å². The van der Waals surface area contributed by atoms with Gasteiger partial charge in [-0.2, -0.15) is 0 Å². The number of nitrogens with one attached hydrogen (secondary N) is 2. The molecule has 2 aliphatic rings. The van der Waals surface area contributed by atoms with Gasteiger partial charge in [0, 0.05) is 19.0 Å². The summed E-state index contributed by atoms with van der Waals surface area (Å²) in [4.78, 5) is 37.3. The Hall–Kier alpha value is -3.46. The van der Waals surface area contributed by atoms with E-state index >= 15 is 0 Å². The van der Waals surface area contributed by atoms with Crippen molar-refractivity contribution in [3.63, 3.8) is 0 Å². The van der Waals surface area contributed by atoms with E-state index in [-0.39, 0.29) is 24.3 Å². The van der Waals surface area contributed by atoms with E-state index < -0.39 is 23.9 Å². The zero-order valence-electron chi connectivity index (χ0n) is 20.3. The second kappa shape index (κ2) is 12.0. The van der Waals surface area contributed by atoms with Crippen molar-refractivity contribution >= 4 is 17.9 Å². The summed E-state index contributed by atoms with van der Waals surface area (Å²) in [7, 11) is 0. The monoisotopic (exact) mass is 496 g/mol. The molecule has 1 saturated heterocycles. The lowest BCUT2D eigenvalue weighted by Gasteiger charge is -2.32. The summed E-state index contributed by atoms with van der Waals surface area (Å²) in [6.45, 7) is 1.83. The summed E-state index contributed by atoms with van der Waals surface area (Å²) in [6, 6.07) is 12.1. The van der Waals surface area contributed by atoms with Crippen molar-refractivity contribution < 1.29 is 23.5 Å². The second-order valence-corrected chi connectivity index (χ2v) is 9.52. The smallest absolute Gasteiger partial charge is 0.422 e. The first-order valence-corrected chi connectivity index (χ1v) is 12.5. The number of rotatable bonds is 8. The summed E-state index contributed by atoms with van der Waals surface area (Å²) in [6.07, 6.45) is 5.15. The van der Waals surface area contributed by atoms with Gasteiger partial charge in [0.05, 0.1) is 0 Å². The minimum atomic E-state index is -1.02. The molecule has 1 heterocycles. The van der Waals surface area contributed by atoms with Gasteiger partial charge in [-0.05, 0) is 60.4 Å². The molecule has 0 unspecified atom stereocenters. The number of nitrogens with two attached hydrogens (primary N) is 1. The van der Waals surface area contributed by atoms with E-state index in [1.54, 1.807) is 0 Å². The predicted octanol–water partition coefficient (Wildman–Crippen LogP) is 3.68. The Labute approximate surface area is 210 Å². The SMILES string of the molecule is NC(=O)[C@@H](NC(=O)[C@@H]1CCCC[C@H]1c1ccc(COC(=O)NN2CCCC2)cc1)c1ccc(F)cc1. The molecule has 4 rings (SSSR count). The highest BCUT2D eigenvalue weighted by molar-refractivity contribution is 5.89. The molecule has 192 valence electrons. The van der Waals surface area contributed by atoms with Gasteiger partial charge in [-0.25, -0.2) is 14.2 Å². The Balaban J connectivity index is 1.37. The van der Waals surface area contributed by atoms with Crippen LogP contribution in [0.5, 0.6) is 0 Å². The molecule has 2 aromatic rings. The Bertz CT molecular complexity index is 1050. The number of carbonyl (C=O) groups is 3. The molecule has 36 heavy (non-hydrogen) atoms. The first kappa shape index (κ1) is 25.6. The van der Waals surface area contributed by atoms with Crippen LogP contribution in [-0.2, 0) is 20.9 Å². The molecule has 2 fully saturated rings. The number of hydrogen-bond donors (Lipinski definition) is 3. The predicted molar refractivity (Wildman–Crippen MR) is 132 cm³/mol. The van der Waals surface area contributed by atoms with Gasteiger partial charge >= 0.3 is 6.09 Å². The van der Waals surface area contributed by atoms with Crippen LogP contribution in [0.15, 0.2) is 48.5 Å². The third kappa shape index (κ3) is 6.60. The highest BCUT2D eigenvalue weighted by Gasteiger charge is 2.34. The van der Waals surface area contributed by atoms with E-state index in [4.69, 9.17) is 10.5 Å². The van der Waals surface area contributed by atoms with Gasteiger partial charge in [0.1, 0.15) is 18.5 Å². The van der Waals surface area contributed by atoms with Crippen LogP contribution in [-0.4, -0.2) is 36.0 Å². The normalized spacial score (nSPS) is 20.9. The molecule has 1 aliphatic carbocycles. The first-order valence-electron chi connectivity index (χ1n) is 12.5. The van der Waals surface area contributed by atoms with Crippen molar-refractivity contribution in [3.05, 3.63) is 71.0 Å². The number of halogens is 1. The number of carbonyl (C=O) groups excluding carboxylic acids is 3. The average Bonchev–Trinajstić information content (AvgIpc) is 3.40. The lowest BCUT2D eigenvalue weighted by molar-refractivity contribution is -0.131. The molecule has 1 saturated carbocycles. The van der Waals surface area contributed by atoms with Gasteiger partial charge in [0.15, 0.2) is 0 Å². The summed E-state index contributed by atoms with van der Waals surface area (Å²) >= 11 is 0. The Kier molecular flexibility index (Phi) is 8.53. The maximum absolute atomic E-state index is 13.3. The fourth-order valence-corrected chi connectivity index (χ4v) is 5.07. The summed E-state index contributed by atoms with van der Waals surface area (Å²) in [5.74, 6) is -1.68. The molecule has 4 N–H and O–H groups in total. The number of hydrogen-bond acceptors (Lipinski definition) is 5. The van der Waals surface area contributed by atoms with E-state index in [0.717, 1.165) is 56.3 Å². The van der Waals surface area contributed by atoms with Gasteiger partial charge < -0.3 is 15.8 Å². The average molecular weight is 497 g/mol. The minimum absolute atomic E-state index is 0.00562. The van der Waals surface area contributed by atoms with Gasteiger partial charge in [-0.1, -0.05) is 49.2 Å². The lowest BCUT2D eigenvalue weighted by Crippen LogP contribution is -2.42. The minimum Gasteiger partial charge on any atom is -0.444 e. The second-order valence-electron chi connectivity index (χ2n) is 9.52. The maximum atomic E-state index is 13.3. The number of benzene rings is 2. The maximum Gasteiger partial charge on any atom is 0.422 e. The Morgan fingerprint density at radius 3 is 2.31 bits per heavy atom. The molecule has 0 radical (unpaired) electrons. The number of nitrogens with zero attached hydrogens (tertiary/aromatic N) is 1. The molecular formula is C27H33FN4O4. The largest absolute Gasteiger partial charge is 0.444 e. The molecular weight excluding hydrogens is 463 g/mol. The Morgan fingerprint density at radius 2 is 1.64 bits per heavy atom. The van der Waals surface area contributed by atoms with E-state index in [9.17, 15) is 18.8 Å². The molecule has 0 spiro atoms. The molecule has 0 bridgehead atoms. The molecule has 1 aliphatic heterocycles. The van der Waals surface area contributed by atoms with Gasteiger partial charge in [0.25, 0.3) is 0 Å². The highest BCUT2D eigenvalue weighted by Crippen LogP contribution is 2.38. The fraction of sp³-hybridized carbons (Fsp3) is 0.444. The fourth-order valence-electron chi connectivity index (χ4n) is 5.07. The zero-order valence-corrected chi connectivity index (χ0v) is 20.3. The molecule has 2 aromatic carbocycles. The number of ether oxygens (including phenoxy) is 1. The first-order chi connectivity index (χ1) is 17.4. The van der Waals surface area contributed by atoms with E-state index in [2.05, 4.69) is 10.7 Å². The zero-order chi connectivity index (χ0) is 25.5. The van der Waals surface area contributed by atoms with Crippen LogP contribution in [0.2, 0.25) is 0 Å². The van der Waals surface area contributed by atoms with Crippen LogP contribution in [0.25, 0.3) is 0 Å². The number of primary amides is 1. The van der Waals surface area contributed by atoms with Crippen LogP contribution in [0.1, 0.15) is 67.2 Å². The van der Waals surface area contributed by atoms with E-state index in [1.165, 1.54) is 24.3 Å². The number of amides is 3. The van der Waals surface area contributed by atoms with Crippen LogP contribution >= 0.6 is 0 Å². The Morgan fingerprint density at radius 1 is 0.972 bits per heavy atom. The van der Waals surface area contributed by atoms with E-state index in [1.807, 2.05) is 29.3 Å². The van der Waals surface area contributed by atoms with Gasteiger partial charge in [0.2, 0.25) is 11.8 Å². The van der Waals surface area contributed by atoms with Crippen molar-refractivity contribution in [2.24, 2.45) is 11.7 Å². The van der Waals surface area contributed by atoms with E-state index in [0.29, 0.717) is 12.0 Å². The topological polar surface area (TPSA) is 114 Å². The third-order valence-corrected chi connectivity index (χ3v) is 7.01. The highest BCUT2D eigenvalue weighted by atomic mass is 19.1. The molecule has 3 amide bonds. The van der Waals surface area contributed by atoms with Crippen molar-refractivity contribution in [1.82, 2.24) is 15.8 Å². The van der Waals surface area contributed by atoms with Crippen LogP contribution in [0.4, 0.5) is 9.18 Å². The van der Waals surface area contributed by atoms with Crippen LogP contribution in [0.3, 0.4) is 0 Å². The number of hydrazine groups is 1. The third-order valence-electron chi connectivity index (χ3n) is 7.01. The van der Waals surface area contributed by atoms with Crippen LogP contribution < -0.4 is 16.5 Å².